The molecular weight excluding hydrogens is 543 g/mol. The monoisotopic (exact) mass is 571 g/mol. The Kier molecular flexibility index (Phi) is 7.58. The van der Waals surface area contributed by atoms with Gasteiger partial charge in [0.2, 0.25) is 0 Å². The van der Waals surface area contributed by atoms with Gasteiger partial charge >= 0.3 is 12.4 Å². The van der Waals surface area contributed by atoms with E-state index in [9.17, 15) is 40.3 Å². The molecule has 0 N–H and O–H groups in total. The van der Waals surface area contributed by atoms with E-state index in [1.54, 1.807) is 12.1 Å². The first-order valence-electron chi connectivity index (χ1n) is 13.2. The van der Waals surface area contributed by atoms with E-state index in [2.05, 4.69) is 4.90 Å². The number of carbonyl (C=O) groups is 2. The number of fused-ring (bicyclic) bond motifs is 1. The van der Waals surface area contributed by atoms with E-state index in [0.29, 0.717) is 38.1 Å². The molecule has 1 aliphatic heterocycles. The fraction of sp³-hybridized carbons (Fsp3) is 0.517. The van der Waals surface area contributed by atoms with Crippen molar-refractivity contribution in [3.8, 4) is 0 Å². The maximum Gasteiger partial charge on any atom is 0.416 e. The van der Waals surface area contributed by atoms with Crippen LogP contribution in [0.3, 0.4) is 0 Å². The van der Waals surface area contributed by atoms with Gasteiger partial charge < -0.3 is 4.74 Å². The number of rotatable bonds is 5. The molecule has 11 heteroatoms. The van der Waals surface area contributed by atoms with Gasteiger partial charge in [-0.1, -0.05) is 12.1 Å². The summed E-state index contributed by atoms with van der Waals surface area (Å²) in [6.07, 6.45) is -10.1. The zero-order valence-electron chi connectivity index (χ0n) is 21.6. The van der Waals surface area contributed by atoms with Crippen LogP contribution in [0.1, 0.15) is 66.9 Å². The van der Waals surface area contributed by atoms with Gasteiger partial charge in [-0.05, 0) is 73.1 Å². The van der Waals surface area contributed by atoms with Gasteiger partial charge in [0, 0.05) is 37.9 Å². The summed E-state index contributed by atoms with van der Waals surface area (Å²) < 4.78 is 101. The number of carbonyl (C=O) groups excluding carboxylic acids is 2. The summed E-state index contributed by atoms with van der Waals surface area (Å²) >= 11 is 0. The quantitative estimate of drug-likeness (QED) is 0.295. The normalized spacial score (nSPS) is 27.3. The minimum absolute atomic E-state index is 0.0190. The zero-order valence-corrected chi connectivity index (χ0v) is 21.6. The van der Waals surface area contributed by atoms with Crippen molar-refractivity contribution in [2.75, 3.05) is 13.1 Å². The molecule has 0 radical (unpaired) electrons. The molecule has 2 aromatic rings. The summed E-state index contributed by atoms with van der Waals surface area (Å²) in [7, 11) is 0. The Balaban J connectivity index is 1.43. The van der Waals surface area contributed by atoms with Gasteiger partial charge in [0.15, 0.2) is 11.6 Å². The second-order valence-electron chi connectivity index (χ2n) is 11.1. The van der Waals surface area contributed by atoms with Crippen LogP contribution in [-0.2, 0) is 26.7 Å². The molecule has 4 nitrogen and oxygen atoms in total. The van der Waals surface area contributed by atoms with E-state index < -0.39 is 41.5 Å². The van der Waals surface area contributed by atoms with Crippen molar-refractivity contribution < 1.29 is 45.1 Å². The highest BCUT2D eigenvalue weighted by atomic mass is 19.4. The van der Waals surface area contributed by atoms with Crippen LogP contribution in [0.25, 0.3) is 0 Å². The Hall–Kier alpha value is -2.79. The summed E-state index contributed by atoms with van der Waals surface area (Å²) in [6.45, 7) is 2.65. The lowest BCUT2D eigenvalue weighted by Crippen LogP contribution is -2.38. The van der Waals surface area contributed by atoms with Gasteiger partial charge in [0.05, 0.1) is 23.3 Å². The molecule has 216 valence electrons. The van der Waals surface area contributed by atoms with Gasteiger partial charge in [0.25, 0.3) is 0 Å². The fourth-order valence-corrected chi connectivity index (χ4v) is 6.61. The lowest BCUT2D eigenvalue weighted by atomic mass is 9.69. The standard InChI is InChI=1S/C29H28F7NO3/c1-15(18-8-19(28(31,32)33)10-20(9-18)29(34,35)36)40-26-7-4-17-13-37(22-11-24(38)25(39)12-22)14-23(17)27(26)16-2-5-21(30)6-3-16/h2-3,5-6,8-10,15,17,22-23,26-27H,4,7,11-14H2,1H3/t15-,17-,23-,26+,27+/m1/s1. The molecule has 2 aliphatic carbocycles. The van der Waals surface area contributed by atoms with Gasteiger partial charge in [0.1, 0.15) is 5.82 Å². The van der Waals surface area contributed by atoms with Gasteiger partial charge in [-0.25, -0.2) is 4.39 Å². The molecule has 2 aromatic carbocycles. The number of halogens is 7. The van der Waals surface area contributed by atoms with Crippen molar-refractivity contribution in [2.45, 2.75) is 69.1 Å². The van der Waals surface area contributed by atoms with E-state index in [1.807, 2.05) is 0 Å². The third-order valence-electron chi connectivity index (χ3n) is 8.59. The Morgan fingerprint density at radius 3 is 1.98 bits per heavy atom. The molecule has 0 unspecified atom stereocenters. The van der Waals surface area contributed by atoms with Crippen LogP contribution in [0, 0.1) is 17.7 Å². The Morgan fingerprint density at radius 2 is 1.43 bits per heavy atom. The van der Waals surface area contributed by atoms with Crippen molar-refractivity contribution in [3.05, 3.63) is 70.5 Å². The highest BCUT2D eigenvalue weighted by Crippen LogP contribution is 2.49. The van der Waals surface area contributed by atoms with Crippen LogP contribution in [0.2, 0.25) is 0 Å². The minimum Gasteiger partial charge on any atom is -0.370 e. The van der Waals surface area contributed by atoms with E-state index in [0.717, 1.165) is 5.56 Å². The van der Waals surface area contributed by atoms with Crippen LogP contribution in [-0.4, -0.2) is 41.7 Å². The molecule has 1 saturated heterocycles. The molecule has 0 aromatic heterocycles. The summed E-state index contributed by atoms with van der Waals surface area (Å²) in [6, 6.07) is 7.14. The average Bonchev–Trinajstić information content (AvgIpc) is 3.46. The van der Waals surface area contributed by atoms with Crippen LogP contribution in [0.4, 0.5) is 30.7 Å². The number of alkyl halides is 6. The highest BCUT2D eigenvalue weighted by molar-refractivity contribution is 6.39. The van der Waals surface area contributed by atoms with Crippen molar-refractivity contribution >= 4 is 11.6 Å². The number of hydrogen-bond acceptors (Lipinski definition) is 4. The average molecular weight is 572 g/mol. The smallest absolute Gasteiger partial charge is 0.370 e. The zero-order chi connectivity index (χ0) is 29.0. The molecular formula is C29H28F7NO3. The summed E-state index contributed by atoms with van der Waals surface area (Å²) in [5.41, 5.74) is -2.29. The maximum absolute atomic E-state index is 13.8. The van der Waals surface area contributed by atoms with E-state index >= 15 is 0 Å². The Bertz CT molecular complexity index is 1230. The number of likely N-dealkylation sites (tertiary alicyclic amines) is 1. The molecule has 0 amide bonds. The van der Waals surface area contributed by atoms with Crippen molar-refractivity contribution in [1.82, 2.24) is 4.90 Å². The first-order chi connectivity index (χ1) is 18.7. The Morgan fingerprint density at radius 1 is 0.850 bits per heavy atom. The lowest BCUT2D eigenvalue weighted by Gasteiger charge is -2.41. The minimum atomic E-state index is -4.97. The third kappa shape index (κ3) is 5.81. The summed E-state index contributed by atoms with van der Waals surface area (Å²) in [4.78, 5) is 25.9. The second-order valence-corrected chi connectivity index (χ2v) is 11.1. The van der Waals surface area contributed by atoms with Crippen LogP contribution in [0.15, 0.2) is 42.5 Å². The number of ketones is 2. The van der Waals surface area contributed by atoms with Crippen LogP contribution in [0.5, 0.6) is 0 Å². The van der Waals surface area contributed by atoms with Gasteiger partial charge in [-0.2, -0.15) is 26.3 Å². The summed E-state index contributed by atoms with van der Waals surface area (Å²) in [5.74, 6) is -1.36. The predicted octanol–water partition coefficient (Wildman–Crippen LogP) is 6.74. The fourth-order valence-electron chi connectivity index (χ4n) is 6.61. The van der Waals surface area contributed by atoms with E-state index in [-0.39, 0.29) is 59.8 Å². The molecule has 3 aliphatic rings. The van der Waals surface area contributed by atoms with Crippen LogP contribution < -0.4 is 0 Å². The number of Topliss-reactive ketones (excluding diaryl/α,β-unsaturated/α-hetero) is 2. The van der Waals surface area contributed by atoms with Crippen molar-refractivity contribution in [2.24, 2.45) is 11.8 Å². The molecule has 40 heavy (non-hydrogen) atoms. The molecule has 3 fully saturated rings. The first kappa shape index (κ1) is 28.7. The molecule has 2 saturated carbocycles. The topological polar surface area (TPSA) is 46.6 Å². The molecule has 0 spiro atoms. The van der Waals surface area contributed by atoms with Gasteiger partial charge in [-0.3, -0.25) is 14.5 Å². The largest absolute Gasteiger partial charge is 0.416 e. The number of nitrogens with zero attached hydrogens (tertiary/aromatic N) is 1. The Labute approximate surface area is 226 Å². The van der Waals surface area contributed by atoms with Crippen molar-refractivity contribution in [1.29, 1.82) is 0 Å². The van der Waals surface area contributed by atoms with Crippen LogP contribution >= 0.6 is 0 Å². The van der Waals surface area contributed by atoms with E-state index in [1.165, 1.54) is 19.1 Å². The van der Waals surface area contributed by atoms with Gasteiger partial charge in [-0.15, -0.1) is 0 Å². The molecule has 1 heterocycles. The lowest BCUT2D eigenvalue weighted by molar-refractivity contribution is -0.143. The SMILES string of the molecule is C[C@@H](O[C@H]1CC[C@@H]2CN(C3CC(=O)C(=O)C3)C[C@H]2[C@@H]1c1ccc(F)cc1)c1cc(C(F)(F)F)cc(C(F)(F)F)c1. The first-order valence-corrected chi connectivity index (χ1v) is 13.2. The predicted molar refractivity (Wildman–Crippen MR) is 130 cm³/mol. The number of ether oxygens (including phenoxy) is 1. The second kappa shape index (κ2) is 10.6. The maximum atomic E-state index is 13.8. The molecule has 5 atom stereocenters. The number of benzene rings is 2. The van der Waals surface area contributed by atoms with E-state index in [4.69, 9.17) is 4.74 Å². The highest BCUT2D eigenvalue weighted by Gasteiger charge is 2.49. The summed E-state index contributed by atoms with van der Waals surface area (Å²) in [5, 5.41) is 0. The molecule has 5 rings (SSSR count). The molecule has 0 bridgehead atoms. The van der Waals surface area contributed by atoms with Crippen molar-refractivity contribution in [3.63, 3.8) is 0 Å². The number of hydrogen-bond donors (Lipinski definition) is 0. The third-order valence-corrected chi connectivity index (χ3v) is 8.59.